The van der Waals surface area contributed by atoms with Crippen LogP contribution in [0.25, 0.3) is 0 Å². The van der Waals surface area contributed by atoms with Gasteiger partial charge >= 0.3 is 0 Å². The number of hydrogen-bond donors (Lipinski definition) is 2. The Kier molecular flexibility index (Phi) is 4.18. The molecule has 2 rings (SSSR count). The van der Waals surface area contributed by atoms with Crippen LogP contribution in [-0.2, 0) is 6.42 Å². The minimum absolute atomic E-state index is 0.748. The molecular weight excluding hydrogens is 204 g/mol. The van der Waals surface area contributed by atoms with Crippen LogP contribution in [0.1, 0.15) is 35.6 Å². The molecule has 0 aromatic carbocycles. The van der Waals surface area contributed by atoms with Crippen molar-refractivity contribution in [3.05, 3.63) is 21.9 Å². The quantitative estimate of drug-likeness (QED) is 0.752. The van der Waals surface area contributed by atoms with E-state index in [0.29, 0.717) is 0 Å². The van der Waals surface area contributed by atoms with Crippen LogP contribution in [0, 0.1) is 0 Å². The molecule has 1 unspecified atom stereocenters. The molecule has 1 aromatic rings. The Morgan fingerprint density at radius 1 is 1.53 bits per heavy atom. The van der Waals surface area contributed by atoms with Gasteiger partial charge < -0.3 is 11.1 Å². The van der Waals surface area contributed by atoms with Crippen LogP contribution in [-0.4, -0.2) is 19.6 Å². The van der Waals surface area contributed by atoms with Crippen LogP contribution in [0.5, 0.6) is 0 Å². The van der Waals surface area contributed by atoms with Crippen LogP contribution in [0.3, 0.4) is 0 Å². The van der Waals surface area contributed by atoms with E-state index in [2.05, 4.69) is 16.8 Å². The molecule has 2 nitrogen and oxygen atoms in total. The van der Waals surface area contributed by atoms with E-state index in [4.69, 9.17) is 5.73 Å². The summed E-state index contributed by atoms with van der Waals surface area (Å²) in [6.07, 6.45) is 5.09. The molecule has 0 bridgehead atoms. The predicted octanol–water partition coefficient (Wildman–Crippen LogP) is 2.11. The molecule has 15 heavy (non-hydrogen) atoms. The fourth-order valence-electron chi connectivity index (χ4n) is 2.30. The minimum Gasteiger partial charge on any atom is -0.330 e. The van der Waals surface area contributed by atoms with Crippen molar-refractivity contribution in [2.45, 2.75) is 31.6 Å². The number of hydrogen-bond acceptors (Lipinski definition) is 3. The largest absolute Gasteiger partial charge is 0.330 e. The molecule has 3 N–H and O–H groups in total. The molecular formula is C12H20N2S. The Morgan fingerprint density at radius 3 is 3.33 bits per heavy atom. The van der Waals surface area contributed by atoms with Gasteiger partial charge in [-0.25, -0.2) is 0 Å². The van der Waals surface area contributed by atoms with Crippen LogP contribution in [0.4, 0.5) is 0 Å². The lowest BCUT2D eigenvalue weighted by Crippen LogP contribution is -2.25. The molecule has 0 amide bonds. The van der Waals surface area contributed by atoms with Gasteiger partial charge in [0, 0.05) is 11.4 Å². The zero-order chi connectivity index (χ0) is 10.5. The number of fused-ring (bicyclic) bond motifs is 1. The smallest absolute Gasteiger partial charge is 0.00805 e. The molecule has 0 radical (unpaired) electrons. The Labute approximate surface area is 95.9 Å². The molecule has 1 aromatic heterocycles. The van der Waals surface area contributed by atoms with Gasteiger partial charge in [0.05, 0.1) is 0 Å². The van der Waals surface area contributed by atoms with Gasteiger partial charge in [-0.3, -0.25) is 0 Å². The topological polar surface area (TPSA) is 38.0 Å². The molecule has 0 saturated heterocycles. The highest BCUT2D eigenvalue weighted by molar-refractivity contribution is 7.10. The predicted molar refractivity (Wildman–Crippen MR) is 66.5 cm³/mol. The standard InChI is InChI=1S/C12H20N2S/c13-6-2-7-14-9-10-3-1-4-12-11(10)5-8-15-12/h5,8,10,14H,1-4,6-7,9,13H2. The summed E-state index contributed by atoms with van der Waals surface area (Å²) in [4.78, 5) is 1.62. The summed E-state index contributed by atoms with van der Waals surface area (Å²) in [7, 11) is 0. The first kappa shape index (κ1) is 11.1. The van der Waals surface area contributed by atoms with Crippen LogP contribution < -0.4 is 11.1 Å². The molecule has 0 saturated carbocycles. The zero-order valence-corrected chi connectivity index (χ0v) is 9.98. The Bertz CT molecular complexity index is 296. The van der Waals surface area contributed by atoms with Crippen molar-refractivity contribution < 1.29 is 0 Å². The van der Waals surface area contributed by atoms with Gasteiger partial charge in [-0.05, 0) is 61.7 Å². The second-order valence-corrected chi connectivity index (χ2v) is 5.24. The second kappa shape index (κ2) is 5.64. The fourth-order valence-corrected chi connectivity index (χ4v) is 3.31. The highest BCUT2D eigenvalue weighted by atomic mass is 32.1. The molecule has 1 aliphatic carbocycles. The lowest BCUT2D eigenvalue weighted by molar-refractivity contribution is 0.509. The van der Waals surface area contributed by atoms with E-state index in [-0.39, 0.29) is 0 Å². The monoisotopic (exact) mass is 224 g/mol. The van der Waals surface area contributed by atoms with Crippen molar-refractivity contribution in [2.75, 3.05) is 19.6 Å². The van der Waals surface area contributed by atoms with Crippen molar-refractivity contribution in [1.29, 1.82) is 0 Å². The average molecular weight is 224 g/mol. The average Bonchev–Trinajstić information content (AvgIpc) is 2.73. The minimum atomic E-state index is 0.748. The maximum absolute atomic E-state index is 5.47. The van der Waals surface area contributed by atoms with E-state index >= 15 is 0 Å². The first-order valence-corrected chi connectivity index (χ1v) is 6.77. The Morgan fingerprint density at radius 2 is 2.47 bits per heavy atom. The van der Waals surface area contributed by atoms with Gasteiger partial charge in [0.25, 0.3) is 0 Å². The van der Waals surface area contributed by atoms with Gasteiger partial charge in [0.15, 0.2) is 0 Å². The number of rotatable bonds is 5. The van der Waals surface area contributed by atoms with E-state index in [1.807, 2.05) is 11.3 Å². The van der Waals surface area contributed by atoms with Crippen molar-refractivity contribution in [2.24, 2.45) is 5.73 Å². The van der Waals surface area contributed by atoms with Gasteiger partial charge in [-0.1, -0.05) is 0 Å². The van der Waals surface area contributed by atoms with E-state index in [0.717, 1.165) is 32.0 Å². The van der Waals surface area contributed by atoms with E-state index < -0.39 is 0 Å². The highest BCUT2D eigenvalue weighted by Crippen LogP contribution is 2.34. The van der Waals surface area contributed by atoms with Crippen LogP contribution in [0.2, 0.25) is 0 Å². The third-order valence-electron chi connectivity index (χ3n) is 3.12. The van der Waals surface area contributed by atoms with Crippen LogP contribution >= 0.6 is 11.3 Å². The maximum Gasteiger partial charge on any atom is 0.00805 e. The van der Waals surface area contributed by atoms with Crippen molar-refractivity contribution in [3.8, 4) is 0 Å². The summed E-state index contributed by atoms with van der Waals surface area (Å²) in [6, 6.07) is 2.31. The van der Waals surface area contributed by atoms with E-state index in [9.17, 15) is 0 Å². The van der Waals surface area contributed by atoms with Gasteiger partial charge in [-0.15, -0.1) is 11.3 Å². The first-order chi connectivity index (χ1) is 7.42. The summed E-state index contributed by atoms with van der Waals surface area (Å²) in [5.74, 6) is 0.748. The van der Waals surface area contributed by atoms with Crippen LogP contribution in [0.15, 0.2) is 11.4 Å². The molecule has 0 fully saturated rings. The van der Waals surface area contributed by atoms with Crippen molar-refractivity contribution in [1.82, 2.24) is 5.32 Å². The van der Waals surface area contributed by atoms with E-state index in [1.165, 1.54) is 19.3 Å². The van der Waals surface area contributed by atoms with Crippen molar-refractivity contribution in [3.63, 3.8) is 0 Å². The Hall–Kier alpha value is -0.380. The molecule has 1 aliphatic rings. The lowest BCUT2D eigenvalue weighted by atomic mass is 9.88. The van der Waals surface area contributed by atoms with Crippen molar-refractivity contribution >= 4 is 11.3 Å². The zero-order valence-electron chi connectivity index (χ0n) is 9.17. The number of nitrogens with one attached hydrogen (secondary N) is 1. The summed E-state index contributed by atoms with van der Waals surface area (Å²) in [6.45, 7) is 2.98. The van der Waals surface area contributed by atoms with E-state index in [1.54, 1.807) is 10.4 Å². The third kappa shape index (κ3) is 2.80. The second-order valence-electron chi connectivity index (χ2n) is 4.23. The fraction of sp³-hybridized carbons (Fsp3) is 0.667. The highest BCUT2D eigenvalue weighted by Gasteiger charge is 2.20. The Balaban J connectivity index is 1.84. The normalized spacial score (nSPS) is 20.2. The summed E-state index contributed by atoms with van der Waals surface area (Å²) < 4.78 is 0. The molecule has 1 heterocycles. The lowest BCUT2D eigenvalue weighted by Gasteiger charge is -2.22. The number of aryl methyl sites for hydroxylation is 1. The van der Waals surface area contributed by atoms with Gasteiger partial charge in [-0.2, -0.15) is 0 Å². The summed E-state index contributed by atoms with van der Waals surface area (Å²) >= 11 is 1.93. The summed E-state index contributed by atoms with van der Waals surface area (Å²) in [5.41, 5.74) is 7.07. The maximum atomic E-state index is 5.47. The van der Waals surface area contributed by atoms with Gasteiger partial charge in [0.1, 0.15) is 0 Å². The molecule has 1 atom stereocenters. The SMILES string of the molecule is NCCCNCC1CCCc2sccc21. The molecule has 3 heteroatoms. The third-order valence-corrected chi connectivity index (χ3v) is 4.12. The number of nitrogens with two attached hydrogens (primary N) is 1. The summed E-state index contributed by atoms with van der Waals surface area (Å²) in [5, 5.41) is 5.75. The van der Waals surface area contributed by atoms with Gasteiger partial charge in [0.2, 0.25) is 0 Å². The molecule has 0 spiro atoms. The molecule has 84 valence electrons. The molecule has 0 aliphatic heterocycles. The first-order valence-electron chi connectivity index (χ1n) is 5.89. The number of thiophene rings is 1.